The Bertz CT molecular complexity index is 908. The van der Waals surface area contributed by atoms with Crippen LogP contribution in [-0.2, 0) is 19.4 Å². The summed E-state index contributed by atoms with van der Waals surface area (Å²) in [4.78, 5) is 29.8. The standard InChI is InChI=1S/C25H42N4O5S/c1-17-14-27(25(31)34-22-7-3-4-8-22)24-12-19(9-10-23(24)29(17)18(2)30)20-13-26-28(15-20)21-6-5-11-35(32,33)16-21/h17,19-24,26H,3-16H2,1-2H3/t17-,19?,20?,21?,23?,24?/m0/s1. The van der Waals surface area contributed by atoms with Crippen LogP contribution in [-0.4, -0.2) is 96.6 Å². The van der Waals surface area contributed by atoms with E-state index in [-0.39, 0.29) is 48.0 Å². The van der Waals surface area contributed by atoms with Crippen molar-refractivity contribution in [3.8, 4) is 0 Å². The third-order valence-corrected chi connectivity index (χ3v) is 11.0. The zero-order valence-electron chi connectivity index (χ0n) is 21.2. The van der Waals surface area contributed by atoms with Crippen molar-refractivity contribution in [2.45, 2.75) is 102 Å². The number of nitrogens with one attached hydrogen (secondary N) is 1. The molecule has 5 aliphatic rings. The number of amides is 2. The quantitative estimate of drug-likeness (QED) is 0.621. The van der Waals surface area contributed by atoms with Crippen molar-refractivity contribution in [1.29, 1.82) is 0 Å². The summed E-state index contributed by atoms with van der Waals surface area (Å²) in [6.07, 6.45) is 8.39. The summed E-state index contributed by atoms with van der Waals surface area (Å²) in [7, 11) is -2.95. The Kier molecular flexibility index (Phi) is 7.34. The zero-order chi connectivity index (χ0) is 24.7. The molecule has 0 radical (unpaired) electrons. The average Bonchev–Trinajstić information content (AvgIpc) is 3.49. The molecular weight excluding hydrogens is 468 g/mol. The van der Waals surface area contributed by atoms with E-state index in [0.717, 1.165) is 70.9 Å². The first-order chi connectivity index (χ1) is 16.7. The molecule has 5 rings (SSSR count). The lowest BCUT2D eigenvalue weighted by atomic mass is 9.73. The second-order valence-corrected chi connectivity index (χ2v) is 13.8. The van der Waals surface area contributed by atoms with E-state index in [1.165, 1.54) is 0 Å². The highest BCUT2D eigenvalue weighted by atomic mass is 32.2. The fraction of sp³-hybridized carbons (Fsp3) is 0.920. The zero-order valence-corrected chi connectivity index (χ0v) is 22.0. The van der Waals surface area contributed by atoms with Gasteiger partial charge in [-0.2, -0.15) is 0 Å². The van der Waals surface area contributed by atoms with Crippen molar-refractivity contribution < 1.29 is 22.7 Å². The maximum absolute atomic E-state index is 13.3. The predicted molar refractivity (Wildman–Crippen MR) is 132 cm³/mol. The normalized spacial score (nSPS) is 38.3. The van der Waals surface area contributed by atoms with Gasteiger partial charge in [0, 0.05) is 38.6 Å². The van der Waals surface area contributed by atoms with Crippen molar-refractivity contribution >= 4 is 21.8 Å². The van der Waals surface area contributed by atoms with Gasteiger partial charge in [-0.3, -0.25) is 10.2 Å². The Balaban J connectivity index is 1.27. The molecule has 5 unspecified atom stereocenters. The second kappa shape index (κ2) is 10.2. The molecule has 2 aliphatic carbocycles. The van der Waals surface area contributed by atoms with Gasteiger partial charge in [0.15, 0.2) is 9.84 Å². The number of ether oxygens (including phenoxy) is 1. The topological polar surface area (TPSA) is 99.3 Å². The molecule has 1 N–H and O–H groups in total. The largest absolute Gasteiger partial charge is 0.446 e. The van der Waals surface area contributed by atoms with E-state index < -0.39 is 9.84 Å². The minimum Gasteiger partial charge on any atom is -0.446 e. The van der Waals surface area contributed by atoms with Crippen LogP contribution in [0.1, 0.15) is 71.6 Å². The molecule has 0 spiro atoms. The number of hydrogen-bond donors (Lipinski definition) is 1. The fourth-order valence-corrected chi connectivity index (χ4v) is 9.22. The molecule has 9 nitrogen and oxygen atoms in total. The molecule has 6 atom stereocenters. The van der Waals surface area contributed by atoms with Crippen LogP contribution < -0.4 is 5.43 Å². The lowest BCUT2D eigenvalue weighted by Crippen LogP contribution is -2.67. The van der Waals surface area contributed by atoms with E-state index in [1.54, 1.807) is 6.92 Å². The van der Waals surface area contributed by atoms with Gasteiger partial charge in [0.05, 0.1) is 23.6 Å². The molecule has 198 valence electrons. The smallest absolute Gasteiger partial charge is 0.410 e. The molecule has 2 saturated carbocycles. The van der Waals surface area contributed by atoms with Gasteiger partial charge >= 0.3 is 6.09 Å². The number of hydrogen-bond acceptors (Lipinski definition) is 7. The first kappa shape index (κ1) is 25.3. The van der Waals surface area contributed by atoms with Gasteiger partial charge in [-0.05, 0) is 76.5 Å². The first-order valence-electron chi connectivity index (χ1n) is 13.7. The number of carbonyl (C=O) groups excluding carboxylic acids is 2. The van der Waals surface area contributed by atoms with E-state index in [2.05, 4.69) is 10.4 Å². The molecule has 0 aromatic carbocycles. The van der Waals surface area contributed by atoms with Crippen molar-refractivity contribution in [3.05, 3.63) is 0 Å². The number of fused-ring (bicyclic) bond motifs is 1. The summed E-state index contributed by atoms with van der Waals surface area (Å²) in [5, 5.41) is 2.17. The van der Waals surface area contributed by atoms with Gasteiger partial charge in [-0.25, -0.2) is 18.2 Å². The number of nitrogens with zero attached hydrogens (tertiary/aromatic N) is 3. The molecule has 10 heteroatoms. The monoisotopic (exact) mass is 510 g/mol. The van der Waals surface area contributed by atoms with Gasteiger partial charge in [-0.15, -0.1) is 0 Å². The molecule has 3 aliphatic heterocycles. The lowest BCUT2D eigenvalue weighted by molar-refractivity contribution is -0.142. The van der Waals surface area contributed by atoms with Crippen LogP contribution in [0.5, 0.6) is 0 Å². The van der Waals surface area contributed by atoms with Crippen molar-refractivity contribution in [2.75, 3.05) is 31.1 Å². The van der Waals surface area contributed by atoms with E-state index in [1.807, 2.05) is 16.7 Å². The molecule has 2 amide bonds. The maximum Gasteiger partial charge on any atom is 0.410 e. The summed E-state index contributed by atoms with van der Waals surface area (Å²) in [6, 6.07) is 0.0551. The number of piperazine rings is 1. The van der Waals surface area contributed by atoms with Crippen LogP contribution >= 0.6 is 0 Å². The van der Waals surface area contributed by atoms with Crippen LogP contribution in [0.25, 0.3) is 0 Å². The third kappa shape index (κ3) is 5.34. The summed E-state index contributed by atoms with van der Waals surface area (Å²) in [5.74, 6) is 1.48. The Morgan fingerprint density at radius 2 is 1.71 bits per heavy atom. The molecule has 35 heavy (non-hydrogen) atoms. The highest BCUT2D eigenvalue weighted by molar-refractivity contribution is 7.91. The summed E-state index contributed by atoms with van der Waals surface area (Å²) in [6.45, 7) is 5.90. The van der Waals surface area contributed by atoms with Crippen LogP contribution in [0.3, 0.4) is 0 Å². The van der Waals surface area contributed by atoms with E-state index in [0.29, 0.717) is 24.1 Å². The second-order valence-electron chi connectivity index (χ2n) is 11.6. The number of sulfone groups is 1. The molecule has 0 aromatic rings. The molecule has 5 fully saturated rings. The van der Waals surface area contributed by atoms with Crippen molar-refractivity contribution in [3.63, 3.8) is 0 Å². The third-order valence-electron chi connectivity index (χ3n) is 9.22. The summed E-state index contributed by atoms with van der Waals surface area (Å²) < 4.78 is 30.2. The molecular formula is C25H42N4O5S. The van der Waals surface area contributed by atoms with E-state index >= 15 is 0 Å². The average molecular weight is 511 g/mol. The lowest BCUT2D eigenvalue weighted by Gasteiger charge is -2.54. The van der Waals surface area contributed by atoms with E-state index in [9.17, 15) is 18.0 Å². The molecule has 3 heterocycles. The molecule has 0 bridgehead atoms. The first-order valence-corrected chi connectivity index (χ1v) is 15.5. The number of rotatable bonds is 3. The Morgan fingerprint density at radius 3 is 2.43 bits per heavy atom. The fourth-order valence-electron chi connectivity index (χ4n) is 7.51. The van der Waals surface area contributed by atoms with Gasteiger partial charge in [0.1, 0.15) is 6.10 Å². The minimum atomic E-state index is -2.95. The van der Waals surface area contributed by atoms with Crippen LogP contribution in [0, 0.1) is 11.8 Å². The molecule has 3 saturated heterocycles. The van der Waals surface area contributed by atoms with Crippen molar-refractivity contribution in [2.24, 2.45) is 11.8 Å². The van der Waals surface area contributed by atoms with Gasteiger partial charge < -0.3 is 14.5 Å². The van der Waals surface area contributed by atoms with Gasteiger partial charge in [0.25, 0.3) is 0 Å². The molecule has 0 aromatic heterocycles. The minimum absolute atomic E-state index is 0.0154. The highest BCUT2D eigenvalue weighted by Gasteiger charge is 2.49. The van der Waals surface area contributed by atoms with E-state index in [4.69, 9.17) is 4.74 Å². The number of carbonyl (C=O) groups is 2. The van der Waals surface area contributed by atoms with Gasteiger partial charge in [-0.1, -0.05) is 0 Å². The predicted octanol–water partition coefficient (Wildman–Crippen LogP) is 2.17. The van der Waals surface area contributed by atoms with Crippen LogP contribution in [0.4, 0.5) is 4.79 Å². The van der Waals surface area contributed by atoms with Gasteiger partial charge in [0.2, 0.25) is 5.91 Å². The summed E-state index contributed by atoms with van der Waals surface area (Å²) >= 11 is 0. The van der Waals surface area contributed by atoms with Crippen LogP contribution in [0.2, 0.25) is 0 Å². The number of hydrazine groups is 1. The Labute approximate surface area is 209 Å². The maximum atomic E-state index is 13.3. The van der Waals surface area contributed by atoms with Crippen LogP contribution in [0.15, 0.2) is 0 Å². The Hall–Kier alpha value is -1.39. The van der Waals surface area contributed by atoms with Crippen molar-refractivity contribution in [1.82, 2.24) is 20.2 Å². The highest BCUT2D eigenvalue weighted by Crippen LogP contribution is 2.40. The summed E-state index contributed by atoms with van der Waals surface area (Å²) in [5.41, 5.74) is 3.50. The Morgan fingerprint density at radius 1 is 0.943 bits per heavy atom. The SMILES string of the molecule is CC(=O)N1C2CCC(C3CNN(C4CCCS(=O)(=O)C4)C3)CC2N(C(=O)OC2CCCC2)C[C@@H]1C.